The lowest BCUT2D eigenvalue weighted by atomic mass is 10.1. The molecule has 0 aliphatic heterocycles. The third-order valence-corrected chi connectivity index (χ3v) is 4.92. The molecule has 18 heavy (non-hydrogen) atoms. The van der Waals surface area contributed by atoms with Gasteiger partial charge in [0.25, 0.3) is 10.0 Å². The van der Waals surface area contributed by atoms with Crippen molar-refractivity contribution in [3.63, 3.8) is 0 Å². The van der Waals surface area contributed by atoms with E-state index in [2.05, 4.69) is 31.0 Å². The van der Waals surface area contributed by atoms with Crippen molar-refractivity contribution in [2.24, 2.45) is 13.0 Å². The summed E-state index contributed by atoms with van der Waals surface area (Å²) in [5.74, 6) is -1.92. The lowest BCUT2D eigenvalue weighted by Gasteiger charge is -2.17. The van der Waals surface area contributed by atoms with Crippen LogP contribution >= 0.6 is 15.9 Å². The number of aryl methyl sites for hydroxylation is 1. The van der Waals surface area contributed by atoms with Gasteiger partial charge in [-0.15, -0.1) is 5.10 Å². The highest BCUT2D eigenvalue weighted by Crippen LogP contribution is 2.18. The maximum atomic E-state index is 12.0. The molecule has 10 heteroatoms. The molecule has 0 aliphatic rings. The molecule has 1 aromatic rings. The summed E-state index contributed by atoms with van der Waals surface area (Å²) in [7, 11) is -2.45. The van der Waals surface area contributed by atoms with Gasteiger partial charge in [0.1, 0.15) is 0 Å². The minimum atomic E-state index is -3.88. The Morgan fingerprint density at radius 3 is 2.44 bits per heavy atom. The zero-order chi connectivity index (χ0) is 14.1. The minimum Gasteiger partial charge on any atom is -0.481 e. The number of carbonyl (C=O) groups is 1. The highest BCUT2D eigenvalue weighted by Gasteiger charge is 2.29. The van der Waals surface area contributed by atoms with Crippen LogP contribution in [-0.4, -0.2) is 40.5 Å². The van der Waals surface area contributed by atoms with Gasteiger partial charge in [-0.05, 0) is 22.9 Å². The van der Waals surface area contributed by atoms with E-state index in [1.165, 1.54) is 20.9 Å². The number of sulfonamides is 1. The second-order valence-electron chi connectivity index (χ2n) is 3.85. The first-order valence-electron chi connectivity index (χ1n) is 4.97. The average molecular weight is 341 g/mol. The van der Waals surface area contributed by atoms with Crippen LogP contribution in [0.3, 0.4) is 0 Å². The quantitative estimate of drug-likeness (QED) is 0.777. The van der Waals surface area contributed by atoms with E-state index in [0.717, 1.165) is 4.68 Å². The molecule has 102 valence electrons. The van der Waals surface area contributed by atoms with Crippen LogP contribution in [0.2, 0.25) is 0 Å². The van der Waals surface area contributed by atoms with Crippen LogP contribution in [0.15, 0.2) is 9.63 Å². The van der Waals surface area contributed by atoms with Gasteiger partial charge in [0.2, 0.25) is 5.03 Å². The Morgan fingerprint density at radius 1 is 1.50 bits per heavy atom. The lowest BCUT2D eigenvalue weighted by molar-refractivity contribution is -0.141. The largest absolute Gasteiger partial charge is 0.481 e. The first-order valence-corrected chi connectivity index (χ1v) is 7.24. The Bertz CT molecular complexity index is 536. The van der Waals surface area contributed by atoms with E-state index in [1.54, 1.807) is 0 Å². The summed E-state index contributed by atoms with van der Waals surface area (Å²) < 4.78 is 27.5. The van der Waals surface area contributed by atoms with Crippen molar-refractivity contribution in [3.8, 4) is 0 Å². The number of nitrogens with one attached hydrogen (secondary N) is 1. The van der Waals surface area contributed by atoms with Gasteiger partial charge in [-0.1, -0.05) is 12.1 Å². The Morgan fingerprint density at radius 2 is 2.06 bits per heavy atom. The minimum absolute atomic E-state index is 0.0766. The van der Waals surface area contributed by atoms with Crippen molar-refractivity contribution in [1.29, 1.82) is 0 Å². The number of aromatic nitrogens is 3. The molecule has 0 aliphatic carbocycles. The lowest BCUT2D eigenvalue weighted by Crippen LogP contribution is -2.40. The third kappa shape index (κ3) is 3.06. The molecule has 1 aromatic heterocycles. The zero-order valence-corrected chi connectivity index (χ0v) is 12.4. The van der Waals surface area contributed by atoms with Gasteiger partial charge in [0.05, 0.1) is 5.92 Å². The summed E-state index contributed by atoms with van der Waals surface area (Å²) in [5.41, 5.74) is 0. The summed E-state index contributed by atoms with van der Waals surface area (Å²) in [6.07, 6.45) is 0. The molecule has 1 rings (SSSR count). The van der Waals surface area contributed by atoms with Gasteiger partial charge >= 0.3 is 5.97 Å². The number of hydrogen-bond donors (Lipinski definition) is 2. The Kier molecular flexibility index (Phi) is 4.46. The summed E-state index contributed by atoms with van der Waals surface area (Å²) in [6, 6.07) is -0.755. The molecule has 0 amide bonds. The summed E-state index contributed by atoms with van der Waals surface area (Å²) >= 11 is 2.98. The Hall–Kier alpha value is -1.00. The molecule has 0 bridgehead atoms. The van der Waals surface area contributed by atoms with E-state index in [4.69, 9.17) is 5.11 Å². The predicted molar refractivity (Wildman–Crippen MR) is 65.3 cm³/mol. The van der Waals surface area contributed by atoms with Crippen molar-refractivity contribution >= 4 is 31.9 Å². The van der Waals surface area contributed by atoms with E-state index >= 15 is 0 Å². The monoisotopic (exact) mass is 340 g/mol. The smallest absolute Gasteiger partial charge is 0.307 e. The van der Waals surface area contributed by atoms with Crippen molar-refractivity contribution < 1.29 is 18.3 Å². The standard InChI is InChI=1S/C8H13BrN4O4S/c1-4(8(14)15)5(2)11-18(16,17)7-6(9)10-12-13(7)3/h4-5,11H,1-3H3,(H,14,15). The topological polar surface area (TPSA) is 114 Å². The molecule has 1 heterocycles. The normalized spacial score (nSPS) is 15.3. The van der Waals surface area contributed by atoms with Crippen molar-refractivity contribution in [3.05, 3.63) is 4.60 Å². The van der Waals surface area contributed by atoms with E-state index in [9.17, 15) is 13.2 Å². The zero-order valence-electron chi connectivity index (χ0n) is 9.95. The number of halogens is 1. The van der Waals surface area contributed by atoms with E-state index in [0.29, 0.717) is 0 Å². The van der Waals surface area contributed by atoms with Crippen LogP contribution in [0.25, 0.3) is 0 Å². The molecule has 0 radical (unpaired) electrons. The Balaban J connectivity index is 3.00. The fourth-order valence-electron chi connectivity index (χ4n) is 1.22. The molecule has 2 atom stereocenters. The van der Waals surface area contributed by atoms with Crippen LogP contribution in [0, 0.1) is 5.92 Å². The number of hydrogen-bond acceptors (Lipinski definition) is 5. The number of carboxylic acid groups (broad SMARTS) is 1. The third-order valence-electron chi connectivity index (χ3n) is 2.47. The van der Waals surface area contributed by atoms with Crippen LogP contribution in [0.1, 0.15) is 13.8 Å². The molecular weight excluding hydrogens is 328 g/mol. The van der Waals surface area contributed by atoms with Crippen LogP contribution in [0.5, 0.6) is 0 Å². The van der Waals surface area contributed by atoms with Crippen molar-refractivity contribution in [2.45, 2.75) is 24.9 Å². The maximum Gasteiger partial charge on any atom is 0.307 e. The van der Waals surface area contributed by atoms with Gasteiger partial charge in [0.15, 0.2) is 4.60 Å². The molecule has 0 aromatic carbocycles. The molecule has 0 spiro atoms. The second kappa shape index (κ2) is 5.33. The Labute approximate surface area is 113 Å². The molecular formula is C8H13BrN4O4S. The number of carboxylic acids is 1. The summed E-state index contributed by atoms with van der Waals surface area (Å²) in [6.45, 7) is 2.90. The van der Waals surface area contributed by atoms with Gasteiger partial charge in [-0.2, -0.15) is 0 Å². The fourth-order valence-corrected chi connectivity index (χ4v) is 3.64. The van der Waals surface area contributed by atoms with Gasteiger partial charge < -0.3 is 5.11 Å². The van der Waals surface area contributed by atoms with Gasteiger partial charge in [0, 0.05) is 13.1 Å². The highest BCUT2D eigenvalue weighted by atomic mass is 79.9. The first-order chi connectivity index (χ1) is 8.16. The first kappa shape index (κ1) is 15.1. The SMILES string of the molecule is CC(NS(=O)(=O)c1c(Br)nnn1C)C(C)C(=O)O. The maximum absolute atomic E-state index is 12.0. The van der Waals surface area contributed by atoms with E-state index in [1.807, 2.05) is 0 Å². The van der Waals surface area contributed by atoms with Crippen LogP contribution in [-0.2, 0) is 21.9 Å². The number of aliphatic carboxylic acids is 1. The molecule has 2 unspecified atom stereocenters. The van der Waals surface area contributed by atoms with E-state index in [-0.39, 0.29) is 9.63 Å². The number of nitrogens with zero attached hydrogens (tertiary/aromatic N) is 3. The molecule has 2 N–H and O–H groups in total. The molecule has 0 fully saturated rings. The highest BCUT2D eigenvalue weighted by molar-refractivity contribution is 9.10. The van der Waals surface area contributed by atoms with Crippen molar-refractivity contribution in [1.82, 2.24) is 19.7 Å². The number of rotatable bonds is 5. The fraction of sp³-hybridized carbons (Fsp3) is 0.625. The van der Waals surface area contributed by atoms with Crippen LogP contribution in [0.4, 0.5) is 0 Å². The molecule has 0 saturated heterocycles. The molecule has 8 nitrogen and oxygen atoms in total. The summed E-state index contributed by atoms with van der Waals surface area (Å²) in [4.78, 5) is 10.8. The van der Waals surface area contributed by atoms with Crippen LogP contribution < -0.4 is 4.72 Å². The second-order valence-corrected chi connectivity index (χ2v) is 6.23. The predicted octanol–water partition coefficient (Wildman–Crippen LogP) is -0.0349. The average Bonchev–Trinajstić information content (AvgIpc) is 2.56. The van der Waals surface area contributed by atoms with Gasteiger partial charge in [-0.3, -0.25) is 4.79 Å². The van der Waals surface area contributed by atoms with Gasteiger partial charge in [-0.25, -0.2) is 17.8 Å². The molecule has 0 saturated carbocycles. The van der Waals surface area contributed by atoms with E-state index < -0.39 is 28.0 Å². The summed E-state index contributed by atoms with van der Waals surface area (Å²) in [5, 5.41) is 15.8. The van der Waals surface area contributed by atoms with Crippen molar-refractivity contribution in [2.75, 3.05) is 0 Å².